The number of benzene rings is 3. The lowest BCUT2D eigenvalue weighted by Crippen LogP contribution is -2.28. The third-order valence-electron chi connectivity index (χ3n) is 5.87. The minimum Gasteiger partial charge on any atom is -0.370 e. The van der Waals surface area contributed by atoms with Gasteiger partial charge in [0.2, 0.25) is 5.91 Å². The Kier molecular flexibility index (Phi) is 6.94. The maximum absolute atomic E-state index is 13.7. The SMILES string of the molecule is CCC(=O)c1c(-c2ccccc2)c2cc(Cl)ccc2c(=O)n1Cc1cccc(CCC(N)=O)c1. The zero-order chi connectivity index (χ0) is 24.2. The van der Waals surface area contributed by atoms with E-state index in [1.54, 1.807) is 29.7 Å². The van der Waals surface area contributed by atoms with Gasteiger partial charge in [0.15, 0.2) is 5.78 Å². The molecule has 0 fully saturated rings. The maximum atomic E-state index is 13.7. The van der Waals surface area contributed by atoms with Crippen molar-refractivity contribution in [2.24, 2.45) is 5.73 Å². The lowest BCUT2D eigenvalue weighted by atomic mass is 9.94. The fourth-order valence-electron chi connectivity index (χ4n) is 4.26. The average Bonchev–Trinajstić information content (AvgIpc) is 2.84. The number of halogens is 1. The molecule has 0 saturated carbocycles. The molecule has 0 unspecified atom stereocenters. The molecule has 0 atom stereocenters. The van der Waals surface area contributed by atoms with Gasteiger partial charge in [-0.3, -0.25) is 19.0 Å². The van der Waals surface area contributed by atoms with Crippen LogP contribution in [0.2, 0.25) is 5.02 Å². The largest absolute Gasteiger partial charge is 0.370 e. The number of carbonyl (C=O) groups is 2. The number of carbonyl (C=O) groups excluding carboxylic acids is 2. The fraction of sp³-hybridized carbons (Fsp3) is 0.179. The summed E-state index contributed by atoms with van der Waals surface area (Å²) in [6, 6.07) is 22.4. The topological polar surface area (TPSA) is 82.2 Å². The Morgan fingerprint density at radius 3 is 2.35 bits per heavy atom. The van der Waals surface area contributed by atoms with Gasteiger partial charge in [-0.25, -0.2) is 0 Å². The summed E-state index contributed by atoms with van der Waals surface area (Å²) in [6.45, 7) is 2.02. The highest BCUT2D eigenvalue weighted by molar-refractivity contribution is 6.31. The normalized spacial score (nSPS) is 11.0. The number of aromatic nitrogens is 1. The van der Waals surface area contributed by atoms with Gasteiger partial charge in [-0.15, -0.1) is 0 Å². The van der Waals surface area contributed by atoms with E-state index in [2.05, 4.69) is 0 Å². The van der Waals surface area contributed by atoms with Crippen molar-refractivity contribution in [1.29, 1.82) is 0 Å². The zero-order valence-corrected chi connectivity index (χ0v) is 19.6. The third-order valence-corrected chi connectivity index (χ3v) is 6.11. The number of amides is 1. The number of pyridine rings is 1. The van der Waals surface area contributed by atoms with Crippen LogP contribution in [0.15, 0.2) is 77.6 Å². The van der Waals surface area contributed by atoms with Crippen LogP contribution < -0.4 is 11.3 Å². The first-order chi connectivity index (χ1) is 16.4. The predicted octanol–water partition coefficient (Wildman–Crippen LogP) is 5.38. The Bertz CT molecular complexity index is 1440. The molecule has 0 aliphatic carbocycles. The number of hydrogen-bond donors (Lipinski definition) is 1. The number of aryl methyl sites for hydroxylation is 1. The van der Waals surface area contributed by atoms with Crippen LogP contribution >= 0.6 is 11.6 Å². The van der Waals surface area contributed by atoms with Crippen molar-refractivity contribution >= 4 is 34.1 Å². The van der Waals surface area contributed by atoms with Crippen LogP contribution in [0.1, 0.15) is 41.4 Å². The predicted molar refractivity (Wildman–Crippen MR) is 136 cm³/mol. The van der Waals surface area contributed by atoms with Gasteiger partial charge in [0.1, 0.15) is 0 Å². The molecule has 1 aromatic heterocycles. The van der Waals surface area contributed by atoms with Crippen molar-refractivity contribution in [3.8, 4) is 11.1 Å². The molecule has 0 saturated heterocycles. The maximum Gasteiger partial charge on any atom is 0.259 e. The number of nitrogens with two attached hydrogens (primary N) is 1. The summed E-state index contributed by atoms with van der Waals surface area (Å²) in [7, 11) is 0. The van der Waals surface area contributed by atoms with E-state index in [1.165, 1.54) is 0 Å². The number of primary amides is 1. The summed E-state index contributed by atoms with van der Waals surface area (Å²) < 4.78 is 1.57. The molecule has 2 N–H and O–H groups in total. The first-order valence-corrected chi connectivity index (χ1v) is 11.6. The van der Waals surface area contributed by atoms with Crippen molar-refractivity contribution in [1.82, 2.24) is 4.57 Å². The molecule has 4 aromatic rings. The molecule has 1 amide bonds. The van der Waals surface area contributed by atoms with Crippen LogP contribution in [-0.4, -0.2) is 16.3 Å². The van der Waals surface area contributed by atoms with Crippen molar-refractivity contribution in [2.75, 3.05) is 0 Å². The van der Waals surface area contributed by atoms with Crippen molar-refractivity contribution in [2.45, 2.75) is 32.7 Å². The Hall–Kier alpha value is -3.70. The first-order valence-electron chi connectivity index (χ1n) is 11.2. The Balaban J connectivity index is 1.97. The Labute approximate surface area is 202 Å². The van der Waals surface area contributed by atoms with E-state index in [4.69, 9.17) is 17.3 Å². The lowest BCUT2D eigenvalue weighted by Gasteiger charge is -2.20. The second-order valence-corrected chi connectivity index (χ2v) is 8.67. The van der Waals surface area contributed by atoms with Gasteiger partial charge in [0.25, 0.3) is 5.56 Å². The quantitative estimate of drug-likeness (QED) is 0.349. The van der Waals surface area contributed by atoms with E-state index >= 15 is 0 Å². The summed E-state index contributed by atoms with van der Waals surface area (Å²) in [6.07, 6.45) is 1.02. The Morgan fingerprint density at radius 1 is 0.912 bits per heavy atom. The highest BCUT2D eigenvalue weighted by Gasteiger charge is 2.22. The number of hydrogen-bond acceptors (Lipinski definition) is 3. The van der Waals surface area contributed by atoms with E-state index in [0.29, 0.717) is 33.5 Å². The van der Waals surface area contributed by atoms with Gasteiger partial charge in [0, 0.05) is 28.8 Å². The monoisotopic (exact) mass is 472 g/mol. The van der Waals surface area contributed by atoms with Gasteiger partial charge < -0.3 is 5.73 Å². The number of fused-ring (bicyclic) bond motifs is 1. The minimum atomic E-state index is -0.363. The Morgan fingerprint density at radius 2 is 1.65 bits per heavy atom. The van der Waals surface area contributed by atoms with Gasteiger partial charge in [-0.1, -0.05) is 73.1 Å². The highest BCUT2D eigenvalue weighted by atomic mass is 35.5. The van der Waals surface area contributed by atoms with Crippen LogP contribution in [0, 0.1) is 0 Å². The molecule has 0 aliphatic rings. The van der Waals surface area contributed by atoms with Crippen molar-refractivity contribution < 1.29 is 9.59 Å². The van der Waals surface area contributed by atoms with Gasteiger partial charge >= 0.3 is 0 Å². The zero-order valence-electron chi connectivity index (χ0n) is 18.9. The smallest absolute Gasteiger partial charge is 0.259 e. The first kappa shape index (κ1) is 23.5. The number of nitrogens with zero attached hydrogens (tertiary/aromatic N) is 1. The molecule has 172 valence electrons. The molecule has 3 aromatic carbocycles. The summed E-state index contributed by atoms with van der Waals surface area (Å²) in [4.78, 5) is 38.2. The summed E-state index contributed by atoms with van der Waals surface area (Å²) >= 11 is 6.31. The van der Waals surface area contributed by atoms with Crippen LogP contribution in [0.5, 0.6) is 0 Å². The van der Waals surface area contributed by atoms with Crippen molar-refractivity contribution in [3.63, 3.8) is 0 Å². The van der Waals surface area contributed by atoms with E-state index in [0.717, 1.165) is 16.7 Å². The molecule has 5 nitrogen and oxygen atoms in total. The van der Waals surface area contributed by atoms with Gasteiger partial charge in [-0.2, -0.15) is 0 Å². The molecule has 4 rings (SSSR count). The second kappa shape index (κ2) is 10.1. The molecule has 0 aliphatic heterocycles. The number of Topliss-reactive ketones (excluding diaryl/α,β-unsaturated/α-hetero) is 1. The molecular formula is C28H25ClN2O3. The standard InChI is InChI=1S/C28H25ClN2O3/c1-2-24(32)27-26(20-9-4-3-5-10-20)23-16-21(29)12-13-22(23)28(34)31(27)17-19-8-6-7-18(15-19)11-14-25(30)33/h3-10,12-13,15-16H,2,11,14,17H2,1H3,(H2,30,33). The third kappa shape index (κ3) is 4.80. The molecule has 0 spiro atoms. The molecule has 1 heterocycles. The van der Waals surface area contributed by atoms with E-state index in [1.807, 2.05) is 54.6 Å². The van der Waals surface area contributed by atoms with E-state index < -0.39 is 0 Å². The summed E-state index contributed by atoms with van der Waals surface area (Å²) in [5.74, 6) is -0.485. The summed E-state index contributed by atoms with van der Waals surface area (Å²) in [5.41, 5.74) is 8.78. The van der Waals surface area contributed by atoms with Gasteiger partial charge in [0.05, 0.1) is 12.2 Å². The molecule has 34 heavy (non-hydrogen) atoms. The second-order valence-electron chi connectivity index (χ2n) is 8.23. The minimum absolute atomic E-state index is 0.122. The fourth-order valence-corrected chi connectivity index (χ4v) is 4.43. The number of rotatable bonds is 8. The van der Waals surface area contributed by atoms with Crippen LogP contribution in [0.25, 0.3) is 21.9 Å². The van der Waals surface area contributed by atoms with Crippen molar-refractivity contribution in [3.05, 3.63) is 105 Å². The van der Waals surface area contributed by atoms with E-state index in [-0.39, 0.29) is 36.6 Å². The van der Waals surface area contributed by atoms with Crippen LogP contribution in [-0.2, 0) is 17.8 Å². The van der Waals surface area contributed by atoms with Gasteiger partial charge in [-0.05, 0) is 46.7 Å². The van der Waals surface area contributed by atoms with Crippen LogP contribution in [0.3, 0.4) is 0 Å². The van der Waals surface area contributed by atoms with E-state index in [9.17, 15) is 14.4 Å². The number of ketones is 1. The highest BCUT2D eigenvalue weighted by Crippen LogP contribution is 2.33. The summed E-state index contributed by atoms with van der Waals surface area (Å²) in [5, 5.41) is 1.66. The molecule has 0 bridgehead atoms. The van der Waals surface area contributed by atoms with Crippen LogP contribution in [0.4, 0.5) is 0 Å². The molecular weight excluding hydrogens is 448 g/mol. The molecule has 6 heteroatoms. The lowest BCUT2D eigenvalue weighted by molar-refractivity contribution is -0.117. The average molecular weight is 473 g/mol. The molecule has 0 radical (unpaired) electrons.